The molecule has 1 aliphatic carbocycles. The van der Waals surface area contributed by atoms with E-state index in [-0.39, 0.29) is 18.1 Å². The van der Waals surface area contributed by atoms with Gasteiger partial charge in [-0.1, -0.05) is 6.92 Å². The Balaban J connectivity index is 2.38. The van der Waals surface area contributed by atoms with Gasteiger partial charge < -0.3 is 14.6 Å². The molecule has 1 saturated carbocycles. The first kappa shape index (κ1) is 11.7. The second-order valence-corrected chi connectivity index (χ2v) is 4.37. The fourth-order valence-electron chi connectivity index (χ4n) is 2.24. The summed E-state index contributed by atoms with van der Waals surface area (Å²) in [5, 5.41) is 9.58. The van der Waals surface area contributed by atoms with Crippen molar-refractivity contribution in [3.05, 3.63) is 0 Å². The summed E-state index contributed by atoms with van der Waals surface area (Å²) in [4.78, 5) is 10.5. The quantitative estimate of drug-likeness (QED) is 0.697. The summed E-state index contributed by atoms with van der Waals surface area (Å²) in [6.07, 6.45) is 4.28. The van der Waals surface area contributed by atoms with Gasteiger partial charge in [0.15, 0.2) is 0 Å². The summed E-state index contributed by atoms with van der Waals surface area (Å²) in [7, 11) is 1.64. The van der Waals surface area contributed by atoms with Gasteiger partial charge in [0.05, 0.1) is 12.2 Å². The molecule has 0 spiro atoms. The molecule has 0 aromatic rings. The van der Waals surface area contributed by atoms with Gasteiger partial charge in [-0.05, 0) is 31.6 Å². The summed E-state index contributed by atoms with van der Waals surface area (Å²) in [6, 6.07) is 0. The number of ether oxygens (including phenoxy) is 1. The normalized spacial score (nSPS) is 35.2. The van der Waals surface area contributed by atoms with Crippen LogP contribution in [-0.4, -0.2) is 30.7 Å². The second kappa shape index (κ2) is 5.47. The van der Waals surface area contributed by atoms with Crippen LogP contribution in [0.4, 0.5) is 0 Å². The Hall–Kier alpha value is -0.410. The van der Waals surface area contributed by atoms with Gasteiger partial charge in [-0.3, -0.25) is 0 Å². The Morgan fingerprint density at radius 2 is 2.29 bits per heavy atom. The monoisotopic (exact) mass is 200 g/mol. The van der Waals surface area contributed by atoms with E-state index in [4.69, 9.17) is 4.74 Å². The van der Waals surface area contributed by atoms with Crippen LogP contribution in [0.5, 0.6) is 0 Å². The highest BCUT2D eigenvalue weighted by molar-refractivity contribution is 5.52. The lowest BCUT2D eigenvalue weighted by Crippen LogP contribution is -2.35. The Morgan fingerprint density at radius 3 is 2.86 bits per heavy atom. The molecule has 0 amide bonds. The number of carbonyl (C=O) groups is 1. The van der Waals surface area contributed by atoms with E-state index in [1.807, 2.05) is 6.92 Å². The molecule has 0 radical (unpaired) electrons. The molecule has 0 aliphatic heterocycles. The molecule has 1 N–H and O–H groups in total. The molecule has 1 rings (SSSR count). The van der Waals surface area contributed by atoms with E-state index in [0.717, 1.165) is 32.0 Å². The molecule has 0 bridgehead atoms. The van der Waals surface area contributed by atoms with Crippen molar-refractivity contribution in [2.24, 2.45) is 11.8 Å². The van der Waals surface area contributed by atoms with Crippen LogP contribution in [0.25, 0.3) is 0 Å². The predicted molar refractivity (Wildman–Crippen MR) is 54.0 cm³/mol. The van der Waals surface area contributed by atoms with E-state index in [1.54, 1.807) is 7.11 Å². The van der Waals surface area contributed by atoms with Crippen LogP contribution in [0, 0.1) is 11.8 Å². The fraction of sp³-hybridized carbons (Fsp3) is 0.909. The van der Waals surface area contributed by atoms with E-state index in [2.05, 4.69) is 0 Å². The van der Waals surface area contributed by atoms with Gasteiger partial charge in [0.25, 0.3) is 0 Å². The molecular formula is C11H20O3. The van der Waals surface area contributed by atoms with Crippen molar-refractivity contribution >= 4 is 6.29 Å². The molecule has 1 fully saturated rings. The largest absolute Gasteiger partial charge is 0.390 e. The molecule has 14 heavy (non-hydrogen) atoms. The third-order valence-corrected chi connectivity index (χ3v) is 3.11. The number of rotatable bonds is 4. The van der Waals surface area contributed by atoms with Crippen molar-refractivity contribution in [2.45, 2.75) is 44.8 Å². The average Bonchev–Trinajstić information content (AvgIpc) is 2.20. The number of hydrogen-bond donors (Lipinski definition) is 1. The van der Waals surface area contributed by atoms with Gasteiger partial charge >= 0.3 is 0 Å². The van der Waals surface area contributed by atoms with Crippen LogP contribution in [0.2, 0.25) is 0 Å². The summed E-state index contributed by atoms with van der Waals surface area (Å²) < 4.78 is 5.21. The lowest BCUT2D eigenvalue weighted by atomic mass is 9.81. The zero-order chi connectivity index (χ0) is 10.6. The standard InChI is InChI=1S/C11H20O3/c1-8(7-12)5-9-3-4-10(13)11(6-9)14-2/h7-11,13H,3-6H2,1-2H3/t8?,9-,10+,11+/m0/s1. The van der Waals surface area contributed by atoms with Crippen LogP contribution >= 0.6 is 0 Å². The molecule has 3 nitrogen and oxygen atoms in total. The van der Waals surface area contributed by atoms with Crippen LogP contribution in [-0.2, 0) is 9.53 Å². The zero-order valence-corrected chi connectivity index (χ0v) is 8.98. The first-order valence-corrected chi connectivity index (χ1v) is 5.33. The van der Waals surface area contributed by atoms with Crippen LogP contribution in [0.15, 0.2) is 0 Å². The van der Waals surface area contributed by atoms with Crippen molar-refractivity contribution in [3.8, 4) is 0 Å². The van der Waals surface area contributed by atoms with E-state index in [0.29, 0.717) is 5.92 Å². The number of hydrogen-bond acceptors (Lipinski definition) is 3. The van der Waals surface area contributed by atoms with Crippen molar-refractivity contribution < 1.29 is 14.6 Å². The van der Waals surface area contributed by atoms with E-state index in [1.165, 1.54) is 0 Å². The Bertz CT molecular complexity index is 181. The lowest BCUT2D eigenvalue weighted by Gasteiger charge is -2.32. The summed E-state index contributed by atoms with van der Waals surface area (Å²) in [5.74, 6) is 0.663. The van der Waals surface area contributed by atoms with Gasteiger partial charge in [-0.2, -0.15) is 0 Å². The molecule has 1 aliphatic rings. The molecule has 0 aromatic carbocycles. The lowest BCUT2D eigenvalue weighted by molar-refractivity contribution is -0.111. The smallest absolute Gasteiger partial charge is 0.122 e. The van der Waals surface area contributed by atoms with Gasteiger partial charge in [-0.15, -0.1) is 0 Å². The maximum atomic E-state index is 10.5. The van der Waals surface area contributed by atoms with Crippen molar-refractivity contribution in [2.75, 3.05) is 7.11 Å². The number of methoxy groups -OCH3 is 1. The highest BCUT2D eigenvalue weighted by atomic mass is 16.5. The van der Waals surface area contributed by atoms with Crippen molar-refractivity contribution in [1.29, 1.82) is 0 Å². The number of aldehydes is 1. The van der Waals surface area contributed by atoms with Crippen LogP contribution < -0.4 is 0 Å². The van der Waals surface area contributed by atoms with Crippen LogP contribution in [0.3, 0.4) is 0 Å². The minimum atomic E-state index is -0.317. The Kier molecular flexibility index (Phi) is 4.55. The molecule has 0 aromatic heterocycles. The maximum absolute atomic E-state index is 10.5. The SMILES string of the molecule is CO[C@@H]1C[C@H](CC(C)C=O)CC[C@H]1O. The molecule has 3 heteroatoms. The first-order chi connectivity index (χ1) is 6.67. The number of aliphatic hydroxyl groups is 1. The average molecular weight is 200 g/mol. The van der Waals surface area contributed by atoms with E-state index < -0.39 is 0 Å². The van der Waals surface area contributed by atoms with Crippen molar-refractivity contribution in [1.82, 2.24) is 0 Å². The molecule has 4 atom stereocenters. The minimum Gasteiger partial charge on any atom is -0.390 e. The Morgan fingerprint density at radius 1 is 1.57 bits per heavy atom. The van der Waals surface area contributed by atoms with Gasteiger partial charge in [0.1, 0.15) is 6.29 Å². The fourth-order valence-corrected chi connectivity index (χ4v) is 2.24. The number of carbonyl (C=O) groups excluding carboxylic acids is 1. The van der Waals surface area contributed by atoms with E-state index >= 15 is 0 Å². The minimum absolute atomic E-state index is 0.0346. The third-order valence-electron chi connectivity index (χ3n) is 3.11. The van der Waals surface area contributed by atoms with Gasteiger partial charge in [0, 0.05) is 13.0 Å². The summed E-state index contributed by atoms with van der Waals surface area (Å²) in [6.45, 7) is 1.94. The van der Waals surface area contributed by atoms with E-state index in [9.17, 15) is 9.90 Å². The molecule has 0 heterocycles. The topological polar surface area (TPSA) is 46.5 Å². The summed E-state index contributed by atoms with van der Waals surface area (Å²) in [5.41, 5.74) is 0. The molecular weight excluding hydrogens is 180 g/mol. The van der Waals surface area contributed by atoms with Crippen LogP contribution in [0.1, 0.15) is 32.6 Å². The second-order valence-electron chi connectivity index (χ2n) is 4.37. The molecule has 1 unspecified atom stereocenters. The molecule has 0 saturated heterocycles. The van der Waals surface area contributed by atoms with Crippen molar-refractivity contribution in [3.63, 3.8) is 0 Å². The summed E-state index contributed by atoms with van der Waals surface area (Å²) >= 11 is 0. The highest BCUT2D eigenvalue weighted by Gasteiger charge is 2.29. The predicted octanol–water partition coefficient (Wildman–Crippen LogP) is 1.39. The first-order valence-electron chi connectivity index (χ1n) is 5.33. The third kappa shape index (κ3) is 3.07. The zero-order valence-electron chi connectivity index (χ0n) is 8.98. The number of aliphatic hydroxyl groups excluding tert-OH is 1. The van der Waals surface area contributed by atoms with Gasteiger partial charge in [0.2, 0.25) is 0 Å². The molecule has 82 valence electrons. The Labute approximate surface area is 85.5 Å². The van der Waals surface area contributed by atoms with Gasteiger partial charge in [-0.25, -0.2) is 0 Å². The highest BCUT2D eigenvalue weighted by Crippen LogP contribution is 2.30. The maximum Gasteiger partial charge on any atom is 0.122 e.